The van der Waals surface area contributed by atoms with Crippen molar-refractivity contribution in [3.63, 3.8) is 0 Å². The van der Waals surface area contributed by atoms with Crippen LogP contribution in [0.2, 0.25) is 0 Å². The number of rotatable bonds is 3. The van der Waals surface area contributed by atoms with Gasteiger partial charge in [-0.05, 0) is 12.3 Å². The fourth-order valence-electron chi connectivity index (χ4n) is 1.23. The van der Waals surface area contributed by atoms with Crippen molar-refractivity contribution in [1.29, 1.82) is 0 Å². The number of ether oxygens (including phenoxy) is 1. The van der Waals surface area contributed by atoms with E-state index < -0.39 is 10.9 Å². The molecule has 0 atom stereocenters. The van der Waals surface area contributed by atoms with E-state index in [4.69, 9.17) is 5.73 Å². The maximum atomic E-state index is 11.5. The third-order valence-electron chi connectivity index (χ3n) is 1.99. The van der Waals surface area contributed by atoms with Crippen LogP contribution < -0.4 is 5.73 Å². The number of anilines is 1. The van der Waals surface area contributed by atoms with E-state index in [1.165, 1.54) is 31.0 Å². The minimum atomic E-state index is -0.675. The van der Waals surface area contributed by atoms with Gasteiger partial charge in [-0.15, -0.1) is 11.8 Å². The first-order valence-electron chi connectivity index (χ1n) is 4.22. The highest BCUT2D eigenvalue weighted by molar-refractivity contribution is 7.98. The highest BCUT2D eigenvalue weighted by Crippen LogP contribution is 2.33. The Morgan fingerprint density at radius 3 is 2.62 bits per heavy atom. The summed E-state index contributed by atoms with van der Waals surface area (Å²) in [4.78, 5) is 22.0. The van der Waals surface area contributed by atoms with Gasteiger partial charge in [-0.25, -0.2) is 4.79 Å². The Morgan fingerprint density at radius 2 is 2.19 bits per heavy atom. The molecule has 16 heavy (non-hydrogen) atoms. The lowest BCUT2D eigenvalue weighted by Crippen LogP contribution is -2.09. The van der Waals surface area contributed by atoms with Crippen molar-refractivity contribution in [2.75, 3.05) is 19.1 Å². The van der Waals surface area contributed by atoms with Crippen molar-refractivity contribution >= 4 is 29.1 Å². The fourth-order valence-corrected chi connectivity index (χ4v) is 1.83. The van der Waals surface area contributed by atoms with Gasteiger partial charge in [0.15, 0.2) is 0 Å². The molecule has 0 fully saturated rings. The number of nitrogens with zero attached hydrogens (tertiary/aromatic N) is 1. The average molecular weight is 242 g/mol. The first-order chi connectivity index (χ1) is 7.52. The molecule has 0 aliphatic heterocycles. The monoisotopic (exact) mass is 242 g/mol. The molecule has 0 bridgehead atoms. The van der Waals surface area contributed by atoms with Gasteiger partial charge < -0.3 is 10.5 Å². The summed E-state index contributed by atoms with van der Waals surface area (Å²) in [5, 5.41) is 10.7. The first-order valence-corrected chi connectivity index (χ1v) is 5.44. The molecule has 2 N–H and O–H groups in total. The molecule has 0 unspecified atom stereocenters. The minimum Gasteiger partial charge on any atom is -0.465 e. The number of nitrogens with two attached hydrogens (primary N) is 1. The van der Waals surface area contributed by atoms with Gasteiger partial charge in [-0.1, -0.05) is 0 Å². The molecular formula is C9H10N2O4S. The van der Waals surface area contributed by atoms with Crippen LogP contribution in [0.3, 0.4) is 0 Å². The molecule has 6 nitrogen and oxygen atoms in total. The fraction of sp³-hybridized carbons (Fsp3) is 0.222. The third kappa shape index (κ3) is 2.08. The van der Waals surface area contributed by atoms with Gasteiger partial charge in [0.2, 0.25) is 0 Å². The quantitative estimate of drug-likeness (QED) is 0.285. The van der Waals surface area contributed by atoms with Crippen LogP contribution in [0.25, 0.3) is 0 Å². The Morgan fingerprint density at radius 1 is 1.56 bits per heavy atom. The van der Waals surface area contributed by atoms with E-state index in [1.807, 2.05) is 0 Å². The molecule has 1 aromatic carbocycles. The summed E-state index contributed by atoms with van der Waals surface area (Å²) in [5.41, 5.74) is 5.17. The lowest BCUT2D eigenvalue weighted by Gasteiger charge is -2.08. The Balaban J connectivity index is 3.46. The summed E-state index contributed by atoms with van der Waals surface area (Å²) in [6.45, 7) is 0. The van der Waals surface area contributed by atoms with Crippen LogP contribution in [0.1, 0.15) is 10.4 Å². The first kappa shape index (κ1) is 12.3. The van der Waals surface area contributed by atoms with Crippen LogP contribution in [0.15, 0.2) is 17.0 Å². The third-order valence-corrected chi connectivity index (χ3v) is 2.77. The normalized spacial score (nSPS) is 9.88. The maximum Gasteiger partial charge on any atom is 0.341 e. The molecule has 0 radical (unpaired) electrons. The Labute approximate surface area is 95.9 Å². The van der Waals surface area contributed by atoms with E-state index in [-0.39, 0.29) is 16.9 Å². The number of nitrogen functional groups attached to an aromatic ring is 1. The molecular weight excluding hydrogens is 232 g/mol. The summed E-state index contributed by atoms with van der Waals surface area (Å²) >= 11 is 1.27. The lowest BCUT2D eigenvalue weighted by molar-refractivity contribution is -0.384. The van der Waals surface area contributed by atoms with Crippen molar-refractivity contribution in [2.24, 2.45) is 0 Å². The van der Waals surface area contributed by atoms with Crippen molar-refractivity contribution < 1.29 is 14.5 Å². The van der Waals surface area contributed by atoms with E-state index in [0.29, 0.717) is 4.90 Å². The van der Waals surface area contributed by atoms with Crippen molar-refractivity contribution in [1.82, 2.24) is 0 Å². The maximum absolute atomic E-state index is 11.5. The standard InChI is InChI=1S/C9H10N2O4S/c1-15-9(12)7-6(16-2)4-3-5(8(7)10)11(13)14/h3-4H,10H2,1-2H3. The Bertz CT molecular complexity index is 447. The Hall–Kier alpha value is -1.76. The van der Waals surface area contributed by atoms with Crippen molar-refractivity contribution in [2.45, 2.75) is 4.90 Å². The van der Waals surface area contributed by atoms with E-state index in [1.54, 1.807) is 6.26 Å². The summed E-state index contributed by atoms with van der Waals surface area (Å²) in [5.74, 6) is -0.675. The van der Waals surface area contributed by atoms with Crippen LogP contribution in [-0.2, 0) is 4.74 Å². The smallest absolute Gasteiger partial charge is 0.341 e. The molecule has 0 heterocycles. The number of carbonyl (C=O) groups is 1. The molecule has 1 rings (SSSR count). The summed E-state index contributed by atoms with van der Waals surface area (Å²) in [7, 11) is 1.20. The highest BCUT2D eigenvalue weighted by Gasteiger charge is 2.23. The van der Waals surface area contributed by atoms with E-state index in [0.717, 1.165) is 0 Å². The number of esters is 1. The second-order valence-corrected chi connectivity index (χ2v) is 3.67. The van der Waals surface area contributed by atoms with Gasteiger partial charge in [-0.3, -0.25) is 10.1 Å². The number of thioether (sulfide) groups is 1. The Kier molecular flexibility index (Phi) is 3.73. The van der Waals surface area contributed by atoms with Crippen LogP contribution in [-0.4, -0.2) is 24.3 Å². The molecule has 0 saturated heterocycles. The van der Waals surface area contributed by atoms with Crippen LogP contribution in [0.4, 0.5) is 11.4 Å². The summed E-state index contributed by atoms with van der Waals surface area (Å²) in [6, 6.07) is 2.75. The second kappa shape index (κ2) is 4.84. The average Bonchev–Trinajstić information content (AvgIpc) is 2.26. The predicted octanol–water partition coefficient (Wildman–Crippen LogP) is 1.69. The largest absolute Gasteiger partial charge is 0.465 e. The zero-order valence-corrected chi connectivity index (χ0v) is 9.54. The van der Waals surface area contributed by atoms with Gasteiger partial charge in [0.25, 0.3) is 5.69 Å². The number of hydrogen-bond donors (Lipinski definition) is 1. The number of nitro groups is 1. The van der Waals surface area contributed by atoms with E-state index >= 15 is 0 Å². The van der Waals surface area contributed by atoms with Crippen LogP contribution >= 0.6 is 11.8 Å². The van der Waals surface area contributed by atoms with E-state index in [9.17, 15) is 14.9 Å². The van der Waals surface area contributed by atoms with Crippen molar-refractivity contribution in [3.05, 3.63) is 27.8 Å². The van der Waals surface area contributed by atoms with Crippen LogP contribution in [0.5, 0.6) is 0 Å². The number of methoxy groups -OCH3 is 1. The number of nitro benzene ring substituents is 1. The number of carbonyl (C=O) groups excluding carboxylic acids is 1. The SMILES string of the molecule is COC(=O)c1c(SC)ccc([N+](=O)[O-])c1N. The zero-order valence-electron chi connectivity index (χ0n) is 8.72. The topological polar surface area (TPSA) is 95.5 Å². The van der Waals surface area contributed by atoms with E-state index in [2.05, 4.69) is 4.74 Å². The minimum absolute atomic E-state index is 0.0456. The number of benzene rings is 1. The summed E-state index contributed by atoms with van der Waals surface area (Å²) < 4.78 is 4.54. The molecule has 0 saturated carbocycles. The highest BCUT2D eigenvalue weighted by atomic mass is 32.2. The van der Waals surface area contributed by atoms with Gasteiger partial charge in [0.05, 0.1) is 12.0 Å². The molecule has 86 valence electrons. The molecule has 0 aromatic heterocycles. The number of hydrogen-bond acceptors (Lipinski definition) is 6. The van der Waals surface area contributed by atoms with Gasteiger partial charge in [-0.2, -0.15) is 0 Å². The van der Waals surface area contributed by atoms with Gasteiger partial charge in [0, 0.05) is 11.0 Å². The molecule has 7 heteroatoms. The predicted molar refractivity (Wildman–Crippen MR) is 60.6 cm³/mol. The molecule has 0 aliphatic rings. The molecule has 0 amide bonds. The van der Waals surface area contributed by atoms with Crippen LogP contribution in [0, 0.1) is 10.1 Å². The zero-order chi connectivity index (χ0) is 12.3. The molecule has 0 aliphatic carbocycles. The van der Waals surface area contributed by atoms with Gasteiger partial charge >= 0.3 is 5.97 Å². The lowest BCUT2D eigenvalue weighted by atomic mass is 10.1. The van der Waals surface area contributed by atoms with Gasteiger partial charge in [0.1, 0.15) is 11.3 Å². The van der Waals surface area contributed by atoms with Crippen molar-refractivity contribution in [3.8, 4) is 0 Å². The second-order valence-electron chi connectivity index (χ2n) is 2.82. The molecule has 1 aromatic rings. The molecule has 0 spiro atoms. The summed E-state index contributed by atoms with van der Waals surface area (Å²) in [6.07, 6.45) is 1.74.